The van der Waals surface area contributed by atoms with Crippen LogP contribution in [0, 0.1) is 5.41 Å². The number of carbonyl (C=O) groups is 2. The molecule has 1 heterocycles. The number of anilines is 1. The third-order valence-corrected chi connectivity index (χ3v) is 3.71. The minimum Gasteiger partial charge on any atom is -0.459 e. The number of ether oxygens (including phenoxy) is 2. The van der Waals surface area contributed by atoms with Gasteiger partial charge in [0.05, 0.1) is 11.7 Å². The molecule has 0 spiro atoms. The molecule has 23 heavy (non-hydrogen) atoms. The maximum Gasteiger partial charge on any atom is 0.338 e. The van der Waals surface area contributed by atoms with E-state index < -0.39 is 11.4 Å². The molecule has 1 aliphatic heterocycles. The monoisotopic (exact) mass is 319 g/mol. The zero-order chi connectivity index (χ0) is 16.9. The van der Waals surface area contributed by atoms with E-state index in [-0.39, 0.29) is 18.6 Å². The second-order valence-corrected chi connectivity index (χ2v) is 6.87. The van der Waals surface area contributed by atoms with E-state index in [0.717, 1.165) is 25.9 Å². The fraction of sp³-hybridized carbons (Fsp3) is 0.556. The molecule has 1 aromatic rings. The van der Waals surface area contributed by atoms with Crippen molar-refractivity contribution in [2.45, 2.75) is 46.1 Å². The van der Waals surface area contributed by atoms with Gasteiger partial charge in [-0.25, -0.2) is 4.79 Å². The lowest BCUT2D eigenvalue weighted by Crippen LogP contribution is -2.28. The normalized spacial score (nSPS) is 18.3. The summed E-state index contributed by atoms with van der Waals surface area (Å²) in [6.07, 6.45) is 3.10. The van der Waals surface area contributed by atoms with Gasteiger partial charge in [0, 0.05) is 17.7 Å². The lowest BCUT2D eigenvalue weighted by atomic mass is 9.95. The first kappa shape index (κ1) is 17.5. The quantitative estimate of drug-likeness (QED) is 0.864. The lowest BCUT2D eigenvalue weighted by molar-refractivity contribution is -0.123. The van der Waals surface area contributed by atoms with E-state index in [4.69, 9.17) is 9.47 Å². The minimum absolute atomic E-state index is 0.00326. The Hall–Kier alpha value is -1.88. The minimum atomic E-state index is -0.491. The van der Waals surface area contributed by atoms with Crippen LogP contribution < -0.4 is 5.32 Å². The Balaban J connectivity index is 1.93. The molecule has 0 radical (unpaired) electrons. The highest BCUT2D eigenvalue weighted by molar-refractivity contribution is 5.96. The number of esters is 1. The predicted octanol–water partition coefficient (Wildman–Crippen LogP) is 3.40. The van der Waals surface area contributed by atoms with Crippen molar-refractivity contribution in [3.63, 3.8) is 0 Å². The third kappa shape index (κ3) is 5.36. The van der Waals surface area contributed by atoms with Gasteiger partial charge in [-0.15, -0.1) is 0 Å². The van der Waals surface area contributed by atoms with Gasteiger partial charge in [-0.1, -0.05) is 26.8 Å². The Morgan fingerprint density at radius 1 is 1.30 bits per heavy atom. The maximum atomic E-state index is 12.1. The van der Waals surface area contributed by atoms with Crippen molar-refractivity contribution in [1.82, 2.24) is 0 Å². The second-order valence-electron chi connectivity index (χ2n) is 6.87. The van der Waals surface area contributed by atoms with E-state index in [1.54, 1.807) is 24.3 Å². The fourth-order valence-corrected chi connectivity index (χ4v) is 2.23. The molecule has 0 aliphatic carbocycles. The van der Waals surface area contributed by atoms with Crippen LogP contribution in [0.4, 0.5) is 5.69 Å². The molecular weight excluding hydrogens is 294 g/mol. The molecule has 126 valence electrons. The van der Waals surface area contributed by atoms with Crippen molar-refractivity contribution < 1.29 is 19.1 Å². The van der Waals surface area contributed by atoms with Crippen LogP contribution in [0.15, 0.2) is 24.3 Å². The van der Waals surface area contributed by atoms with Crippen molar-refractivity contribution in [2.24, 2.45) is 5.41 Å². The van der Waals surface area contributed by atoms with E-state index >= 15 is 0 Å². The van der Waals surface area contributed by atoms with Gasteiger partial charge in [0.25, 0.3) is 0 Å². The first-order valence-electron chi connectivity index (χ1n) is 8.06. The molecule has 0 saturated carbocycles. The maximum absolute atomic E-state index is 12.1. The van der Waals surface area contributed by atoms with Crippen LogP contribution in [0.5, 0.6) is 0 Å². The summed E-state index contributed by atoms with van der Waals surface area (Å²) in [5.74, 6) is -0.496. The number of rotatable bonds is 4. The summed E-state index contributed by atoms with van der Waals surface area (Å²) in [6, 6.07) is 6.79. The number of hydrogen-bond donors (Lipinski definition) is 1. The summed E-state index contributed by atoms with van der Waals surface area (Å²) in [4.78, 5) is 24.1. The third-order valence-electron chi connectivity index (χ3n) is 3.71. The van der Waals surface area contributed by atoms with Crippen molar-refractivity contribution >= 4 is 17.6 Å². The van der Waals surface area contributed by atoms with Crippen molar-refractivity contribution in [2.75, 3.05) is 18.5 Å². The molecule has 2 rings (SSSR count). The summed E-state index contributed by atoms with van der Waals surface area (Å²) in [7, 11) is 0. The Labute approximate surface area is 137 Å². The zero-order valence-electron chi connectivity index (χ0n) is 14.1. The molecule has 1 unspecified atom stereocenters. The largest absolute Gasteiger partial charge is 0.459 e. The molecule has 5 nitrogen and oxygen atoms in total. The molecule has 0 bridgehead atoms. The van der Waals surface area contributed by atoms with E-state index in [0.29, 0.717) is 11.3 Å². The molecule has 5 heteroatoms. The lowest BCUT2D eigenvalue weighted by Gasteiger charge is -2.22. The highest BCUT2D eigenvalue weighted by atomic mass is 16.6. The van der Waals surface area contributed by atoms with Crippen LogP contribution in [0.1, 0.15) is 50.4 Å². The Bertz CT molecular complexity index is 556. The van der Waals surface area contributed by atoms with E-state index in [1.165, 1.54) is 0 Å². The number of hydrogen-bond acceptors (Lipinski definition) is 4. The highest BCUT2D eigenvalue weighted by Crippen LogP contribution is 2.19. The van der Waals surface area contributed by atoms with Crippen molar-refractivity contribution in [1.29, 1.82) is 0 Å². The molecular formula is C18H25NO4. The van der Waals surface area contributed by atoms with Gasteiger partial charge in [-0.3, -0.25) is 4.79 Å². The van der Waals surface area contributed by atoms with Crippen LogP contribution in [-0.2, 0) is 14.3 Å². The standard InChI is InChI=1S/C18H25NO4/c1-18(2,3)17(21)19-14-8-6-7-13(11-14)16(20)23-12-15-9-4-5-10-22-15/h6-8,11,15H,4-5,9-10,12H2,1-3H3,(H,19,21). The van der Waals surface area contributed by atoms with Gasteiger partial charge in [0.1, 0.15) is 6.61 Å². The summed E-state index contributed by atoms with van der Waals surface area (Å²) in [5.41, 5.74) is 0.523. The number of carbonyl (C=O) groups excluding carboxylic acids is 2. The SMILES string of the molecule is CC(C)(C)C(=O)Nc1cccc(C(=O)OCC2CCCCO2)c1. The Morgan fingerprint density at radius 2 is 2.09 bits per heavy atom. The van der Waals surface area contributed by atoms with Gasteiger partial charge in [0.2, 0.25) is 5.91 Å². The summed E-state index contributed by atoms with van der Waals surface area (Å²) in [5, 5.41) is 2.81. The Kier molecular flexibility index (Phi) is 5.77. The van der Waals surface area contributed by atoms with Crippen molar-refractivity contribution in [3.8, 4) is 0 Å². The van der Waals surface area contributed by atoms with E-state index in [2.05, 4.69) is 5.32 Å². The molecule has 1 N–H and O–H groups in total. The van der Waals surface area contributed by atoms with E-state index in [1.807, 2.05) is 20.8 Å². The number of amides is 1. The van der Waals surface area contributed by atoms with Crippen LogP contribution >= 0.6 is 0 Å². The van der Waals surface area contributed by atoms with Crippen LogP contribution in [0.25, 0.3) is 0 Å². The van der Waals surface area contributed by atoms with Gasteiger partial charge in [-0.2, -0.15) is 0 Å². The molecule has 1 atom stereocenters. The Morgan fingerprint density at radius 3 is 2.74 bits per heavy atom. The van der Waals surface area contributed by atoms with Crippen LogP contribution in [0.3, 0.4) is 0 Å². The molecule has 1 saturated heterocycles. The molecule has 1 amide bonds. The van der Waals surface area contributed by atoms with Crippen LogP contribution in [-0.4, -0.2) is 31.2 Å². The molecule has 1 aliphatic rings. The summed E-state index contributed by atoms with van der Waals surface area (Å²) in [6.45, 7) is 6.52. The number of benzene rings is 1. The molecule has 1 aromatic carbocycles. The van der Waals surface area contributed by atoms with Gasteiger partial charge in [-0.05, 0) is 37.5 Å². The van der Waals surface area contributed by atoms with Gasteiger partial charge >= 0.3 is 5.97 Å². The number of nitrogens with one attached hydrogen (secondary N) is 1. The smallest absolute Gasteiger partial charge is 0.338 e. The van der Waals surface area contributed by atoms with Crippen molar-refractivity contribution in [3.05, 3.63) is 29.8 Å². The fourth-order valence-electron chi connectivity index (χ4n) is 2.23. The van der Waals surface area contributed by atoms with E-state index in [9.17, 15) is 9.59 Å². The average molecular weight is 319 g/mol. The molecule has 0 aromatic heterocycles. The first-order chi connectivity index (χ1) is 10.9. The molecule has 1 fully saturated rings. The highest BCUT2D eigenvalue weighted by Gasteiger charge is 2.22. The first-order valence-corrected chi connectivity index (χ1v) is 8.06. The zero-order valence-corrected chi connectivity index (χ0v) is 14.1. The van der Waals surface area contributed by atoms with Crippen LogP contribution in [0.2, 0.25) is 0 Å². The second kappa shape index (κ2) is 7.59. The summed E-state index contributed by atoms with van der Waals surface area (Å²) >= 11 is 0. The topological polar surface area (TPSA) is 64.6 Å². The summed E-state index contributed by atoms with van der Waals surface area (Å²) < 4.78 is 10.9. The van der Waals surface area contributed by atoms with Gasteiger partial charge < -0.3 is 14.8 Å². The predicted molar refractivity (Wildman–Crippen MR) is 88.4 cm³/mol. The van der Waals surface area contributed by atoms with Gasteiger partial charge in [0.15, 0.2) is 0 Å². The average Bonchev–Trinajstić information content (AvgIpc) is 2.53.